The molecule has 0 aliphatic heterocycles. The summed E-state index contributed by atoms with van der Waals surface area (Å²) in [5, 5.41) is -6.19. The average Bonchev–Trinajstić information content (AvgIpc) is 2.51. The number of benzene rings is 1. The molecule has 0 aliphatic rings. The van der Waals surface area contributed by atoms with Crippen LogP contribution in [0.15, 0.2) is 23.1 Å². The SMILES string of the molecule is FC(F)(F)c1cc(SNSC(F)(F)C(F)(F)C(F)(F)C(F)(F)F)cc(C(F)(F)F)c1. The van der Waals surface area contributed by atoms with Crippen molar-refractivity contribution in [3.8, 4) is 0 Å². The van der Waals surface area contributed by atoms with Crippen LogP contribution in [0.4, 0.5) is 65.9 Å². The Morgan fingerprint density at radius 3 is 1.30 bits per heavy atom. The van der Waals surface area contributed by atoms with Crippen molar-refractivity contribution in [2.24, 2.45) is 0 Å². The number of hydrogen-bond acceptors (Lipinski definition) is 3. The van der Waals surface area contributed by atoms with Gasteiger partial charge in [0.15, 0.2) is 0 Å². The van der Waals surface area contributed by atoms with Crippen molar-refractivity contribution in [3.63, 3.8) is 0 Å². The first-order valence-electron chi connectivity index (χ1n) is 6.63. The molecule has 0 radical (unpaired) electrons. The summed E-state index contributed by atoms with van der Waals surface area (Å²) in [6, 6.07) is -0.425. The van der Waals surface area contributed by atoms with Crippen LogP contribution in [0.2, 0.25) is 0 Å². The van der Waals surface area contributed by atoms with E-state index in [4.69, 9.17) is 0 Å². The van der Waals surface area contributed by atoms with Gasteiger partial charge >= 0.3 is 35.6 Å². The Labute approximate surface area is 164 Å². The maximum Gasteiger partial charge on any atom is 0.460 e. The van der Waals surface area contributed by atoms with E-state index in [-0.39, 0.29) is 18.2 Å². The molecule has 0 fully saturated rings. The first-order valence-corrected chi connectivity index (χ1v) is 8.27. The first-order chi connectivity index (χ1) is 13.0. The van der Waals surface area contributed by atoms with Gasteiger partial charge in [-0.2, -0.15) is 70.0 Å². The summed E-state index contributed by atoms with van der Waals surface area (Å²) in [6.45, 7) is 0. The lowest BCUT2D eigenvalue weighted by molar-refractivity contribution is -0.381. The molecule has 1 rings (SSSR count). The van der Waals surface area contributed by atoms with Crippen LogP contribution >= 0.6 is 23.9 Å². The highest BCUT2D eigenvalue weighted by Crippen LogP contribution is 2.56. The van der Waals surface area contributed by atoms with Gasteiger partial charge < -0.3 is 0 Å². The molecule has 1 aromatic carbocycles. The van der Waals surface area contributed by atoms with Gasteiger partial charge in [-0.1, -0.05) is 0 Å². The van der Waals surface area contributed by atoms with Crippen LogP contribution in [0.1, 0.15) is 11.1 Å². The Kier molecular flexibility index (Phi) is 7.22. The summed E-state index contributed by atoms with van der Waals surface area (Å²) in [4.78, 5) is -1.13. The lowest BCUT2D eigenvalue weighted by Crippen LogP contribution is -2.60. The molecule has 0 heterocycles. The van der Waals surface area contributed by atoms with Crippen molar-refractivity contribution in [3.05, 3.63) is 29.3 Å². The standard InChI is InChI=1S/C12H4F15NS2/c13-7(14,15)4-1-5(8(16,17)18)3-6(2-4)29-28-30-12(26,27)10(21,22)9(19,20)11(23,24)25/h1-3,28H. The van der Waals surface area contributed by atoms with Crippen molar-refractivity contribution >= 4 is 23.9 Å². The average molecular weight is 511 g/mol. The van der Waals surface area contributed by atoms with Crippen LogP contribution in [-0.4, -0.2) is 23.3 Å². The molecule has 1 N–H and O–H groups in total. The van der Waals surface area contributed by atoms with Crippen molar-refractivity contribution < 1.29 is 65.9 Å². The van der Waals surface area contributed by atoms with E-state index in [0.717, 1.165) is 4.13 Å². The van der Waals surface area contributed by atoms with Gasteiger partial charge in [-0.3, -0.25) is 0 Å². The third-order valence-electron chi connectivity index (χ3n) is 3.01. The van der Waals surface area contributed by atoms with Gasteiger partial charge in [0, 0.05) is 16.8 Å². The third kappa shape index (κ3) is 5.54. The van der Waals surface area contributed by atoms with Gasteiger partial charge in [0.2, 0.25) is 0 Å². The number of nitrogens with one attached hydrogen (secondary N) is 1. The van der Waals surface area contributed by atoms with E-state index in [9.17, 15) is 65.9 Å². The number of rotatable bonds is 6. The van der Waals surface area contributed by atoms with Gasteiger partial charge in [0.1, 0.15) is 0 Å². The summed E-state index contributed by atoms with van der Waals surface area (Å²) in [7, 11) is 0. The van der Waals surface area contributed by atoms with Crippen molar-refractivity contribution in [1.82, 2.24) is 4.13 Å². The molecule has 0 unspecified atom stereocenters. The summed E-state index contributed by atoms with van der Waals surface area (Å²) in [5.41, 5.74) is -3.85. The maximum atomic E-state index is 13.3. The second kappa shape index (κ2) is 8.07. The lowest BCUT2D eigenvalue weighted by atomic mass is 10.1. The molecular weight excluding hydrogens is 507 g/mol. The van der Waals surface area contributed by atoms with Gasteiger partial charge in [0.25, 0.3) is 0 Å². The predicted octanol–water partition coefficient (Wildman–Crippen LogP) is 7.39. The van der Waals surface area contributed by atoms with Crippen molar-refractivity contribution in [2.45, 2.75) is 40.5 Å². The number of halogens is 15. The molecule has 0 bridgehead atoms. The smallest absolute Gasteiger partial charge is 0.198 e. The summed E-state index contributed by atoms with van der Waals surface area (Å²) < 4.78 is 191. The molecule has 0 amide bonds. The Balaban J connectivity index is 3.10. The molecule has 18 heteroatoms. The fourth-order valence-electron chi connectivity index (χ4n) is 1.53. The Morgan fingerprint density at radius 1 is 0.567 bits per heavy atom. The molecule has 174 valence electrons. The normalized spacial score (nSPS) is 14.9. The van der Waals surface area contributed by atoms with Crippen LogP contribution in [0, 0.1) is 0 Å². The predicted molar refractivity (Wildman–Crippen MR) is 73.9 cm³/mol. The van der Waals surface area contributed by atoms with Gasteiger partial charge in [-0.15, -0.1) is 0 Å². The molecule has 0 atom stereocenters. The van der Waals surface area contributed by atoms with E-state index in [2.05, 4.69) is 0 Å². The fourth-order valence-corrected chi connectivity index (χ4v) is 3.13. The van der Waals surface area contributed by atoms with Crippen LogP contribution in [0.3, 0.4) is 0 Å². The first kappa shape index (κ1) is 26.9. The highest BCUT2D eigenvalue weighted by atomic mass is 32.2. The van der Waals surface area contributed by atoms with Crippen molar-refractivity contribution in [1.29, 1.82) is 0 Å². The molecule has 0 aliphatic carbocycles. The fraction of sp³-hybridized carbons (Fsp3) is 0.500. The van der Waals surface area contributed by atoms with E-state index < -0.39 is 75.5 Å². The van der Waals surface area contributed by atoms with Crippen LogP contribution in [0.25, 0.3) is 0 Å². The highest BCUT2D eigenvalue weighted by Gasteiger charge is 2.82. The molecule has 0 spiro atoms. The zero-order valence-corrected chi connectivity index (χ0v) is 14.9. The second-order valence-corrected chi connectivity index (χ2v) is 7.25. The van der Waals surface area contributed by atoms with E-state index >= 15 is 0 Å². The Hall–Kier alpha value is -1.17. The second-order valence-electron chi connectivity index (χ2n) is 5.19. The topological polar surface area (TPSA) is 12.0 Å². The Bertz CT molecular complexity index is 717. The van der Waals surface area contributed by atoms with Gasteiger partial charge in [0.05, 0.1) is 11.1 Å². The number of hydrogen-bond donors (Lipinski definition) is 1. The van der Waals surface area contributed by atoms with E-state index in [1.54, 1.807) is 0 Å². The highest BCUT2D eigenvalue weighted by molar-refractivity contribution is 8.13. The molecule has 0 saturated carbocycles. The minimum Gasteiger partial charge on any atom is -0.198 e. The zero-order valence-electron chi connectivity index (χ0n) is 13.2. The van der Waals surface area contributed by atoms with E-state index in [1.807, 2.05) is 0 Å². The van der Waals surface area contributed by atoms with Crippen LogP contribution in [-0.2, 0) is 12.4 Å². The zero-order chi connectivity index (χ0) is 24.0. The lowest BCUT2D eigenvalue weighted by Gasteiger charge is -2.32. The monoisotopic (exact) mass is 511 g/mol. The van der Waals surface area contributed by atoms with Crippen LogP contribution in [0.5, 0.6) is 0 Å². The van der Waals surface area contributed by atoms with Crippen molar-refractivity contribution in [2.75, 3.05) is 0 Å². The quantitative estimate of drug-likeness (QED) is 0.316. The summed E-state index contributed by atoms with van der Waals surface area (Å²) >= 11 is -2.35. The molecule has 30 heavy (non-hydrogen) atoms. The molecule has 0 saturated heterocycles. The third-order valence-corrected chi connectivity index (χ3v) is 4.66. The van der Waals surface area contributed by atoms with E-state index in [1.165, 1.54) is 0 Å². The maximum absolute atomic E-state index is 13.3. The molecule has 1 aromatic rings. The molecular formula is C12H4F15NS2. The van der Waals surface area contributed by atoms with Crippen LogP contribution < -0.4 is 4.13 Å². The van der Waals surface area contributed by atoms with Gasteiger partial charge in [-0.05, 0) is 30.1 Å². The summed E-state index contributed by atoms with van der Waals surface area (Å²) in [5.74, 6) is -14.2. The summed E-state index contributed by atoms with van der Waals surface area (Å²) in [6.07, 6.45) is -17.8. The van der Waals surface area contributed by atoms with Gasteiger partial charge in [-0.25, -0.2) is 0 Å². The largest absolute Gasteiger partial charge is 0.460 e. The minimum absolute atomic E-state index is 0.0337. The number of alkyl halides is 15. The molecule has 1 nitrogen and oxygen atoms in total. The van der Waals surface area contributed by atoms with E-state index in [0.29, 0.717) is 0 Å². The minimum atomic E-state index is -7.21. The molecule has 0 aromatic heterocycles. The Morgan fingerprint density at radius 2 is 0.967 bits per heavy atom.